The maximum absolute atomic E-state index is 12.9. The van der Waals surface area contributed by atoms with Gasteiger partial charge < -0.3 is 20.5 Å². The zero-order valence-electron chi connectivity index (χ0n) is 30.4. The highest BCUT2D eigenvalue weighted by molar-refractivity contribution is 5.75. The first-order valence-electron chi connectivity index (χ1n) is 18.6. The Kier molecular flexibility index (Phi) is 11.5. The fourth-order valence-corrected chi connectivity index (χ4v) is 10.8. The van der Waals surface area contributed by atoms with E-state index in [1.807, 2.05) is 20.8 Å². The van der Waals surface area contributed by atoms with Crippen LogP contribution in [-0.4, -0.2) is 36.4 Å². The first-order valence-corrected chi connectivity index (χ1v) is 18.6. The third-order valence-corrected chi connectivity index (χ3v) is 13.0. The summed E-state index contributed by atoms with van der Waals surface area (Å²) in [6.45, 7) is 21.2. The number of nitrogens with one attached hydrogen (secondary N) is 1. The number of hydrogen-bond donors (Lipinski definition) is 2. The molecule has 45 heavy (non-hydrogen) atoms. The molecule has 0 radical (unpaired) electrons. The van der Waals surface area contributed by atoms with Gasteiger partial charge in [0.15, 0.2) is 0 Å². The molecule has 2 unspecified atom stereocenters. The minimum atomic E-state index is -0.623. The van der Waals surface area contributed by atoms with Crippen molar-refractivity contribution in [3.8, 4) is 0 Å². The molecule has 3 fully saturated rings. The molecule has 0 saturated heterocycles. The fraction of sp³-hybridized carbons (Fsp3) is 0.897. The molecule has 3 saturated carbocycles. The maximum Gasteiger partial charge on any atom is 0.407 e. The molecule has 4 aliphatic rings. The van der Waals surface area contributed by atoms with Crippen molar-refractivity contribution in [2.24, 2.45) is 51.6 Å². The van der Waals surface area contributed by atoms with Crippen LogP contribution in [0.4, 0.5) is 4.79 Å². The molecule has 9 atom stereocenters. The zero-order valence-corrected chi connectivity index (χ0v) is 30.4. The summed E-state index contributed by atoms with van der Waals surface area (Å²) in [6, 6.07) is -0.623. The van der Waals surface area contributed by atoms with Crippen LogP contribution in [0.1, 0.15) is 152 Å². The number of rotatable bonds is 12. The Labute approximate surface area is 275 Å². The first kappa shape index (κ1) is 36.3. The summed E-state index contributed by atoms with van der Waals surface area (Å²) < 4.78 is 11.3. The van der Waals surface area contributed by atoms with Crippen LogP contribution in [0.15, 0.2) is 11.6 Å². The van der Waals surface area contributed by atoms with E-state index in [0.717, 1.165) is 55.8 Å². The number of amides is 1. The monoisotopic (exact) mass is 629 g/mol. The first-order chi connectivity index (χ1) is 21.0. The number of unbranched alkanes of at least 4 members (excludes halogenated alkanes) is 1. The summed E-state index contributed by atoms with van der Waals surface area (Å²) in [7, 11) is 0. The van der Waals surface area contributed by atoms with Gasteiger partial charge in [0.05, 0.1) is 0 Å². The molecule has 4 rings (SSSR count). The van der Waals surface area contributed by atoms with Gasteiger partial charge in [-0.2, -0.15) is 0 Å². The Morgan fingerprint density at radius 1 is 0.933 bits per heavy atom. The minimum Gasteiger partial charge on any atom is -0.461 e. The van der Waals surface area contributed by atoms with Crippen molar-refractivity contribution in [1.82, 2.24) is 5.32 Å². The van der Waals surface area contributed by atoms with Crippen LogP contribution in [0.25, 0.3) is 0 Å². The number of hydrogen-bond acceptors (Lipinski definition) is 5. The molecule has 0 bridgehead atoms. The summed E-state index contributed by atoms with van der Waals surface area (Å²) in [5.74, 6) is 3.75. The van der Waals surface area contributed by atoms with E-state index >= 15 is 0 Å². The Bertz CT molecular complexity index is 1060. The molecule has 1 amide bonds. The number of allylic oxidation sites excluding steroid dienone is 1. The molecule has 0 aromatic rings. The summed E-state index contributed by atoms with van der Waals surface area (Å²) in [4.78, 5) is 24.8. The average Bonchev–Trinajstić information content (AvgIpc) is 3.30. The average molecular weight is 629 g/mol. The Balaban J connectivity index is 1.29. The van der Waals surface area contributed by atoms with E-state index in [9.17, 15) is 9.59 Å². The van der Waals surface area contributed by atoms with Gasteiger partial charge in [-0.3, -0.25) is 4.79 Å². The second-order valence-electron chi connectivity index (χ2n) is 17.8. The molecule has 0 aliphatic heterocycles. The van der Waals surface area contributed by atoms with Crippen LogP contribution in [0.5, 0.6) is 0 Å². The summed E-state index contributed by atoms with van der Waals surface area (Å²) in [5, 5.41) is 2.77. The van der Waals surface area contributed by atoms with E-state index < -0.39 is 17.7 Å². The molecule has 6 nitrogen and oxygen atoms in total. The number of ether oxygens (including phenoxy) is 2. The Hall–Kier alpha value is -1.56. The molecular weight excluding hydrogens is 560 g/mol. The van der Waals surface area contributed by atoms with Gasteiger partial charge in [0.25, 0.3) is 0 Å². The predicted molar refractivity (Wildman–Crippen MR) is 184 cm³/mol. The van der Waals surface area contributed by atoms with Gasteiger partial charge in [0.1, 0.15) is 17.7 Å². The number of alkyl carbamates (subject to hydrolysis) is 1. The lowest BCUT2D eigenvalue weighted by molar-refractivity contribution is -0.155. The summed E-state index contributed by atoms with van der Waals surface area (Å²) in [6.07, 6.45) is 17.9. The Morgan fingerprint density at radius 2 is 1.67 bits per heavy atom. The normalized spacial score (nSPS) is 35.8. The van der Waals surface area contributed by atoms with Crippen LogP contribution in [0.3, 0.4) is 0 Å². The van der Waals surface area contributed by atoms with Crippen LogP contribution >= 0.6 is 0 Å². The predicted octanol–water partition coefficient (Wildman–Crippen LogP) is 9.35. The van der Waals surface area contributed by atoms with Crippen molar-refractivity contribution in [3.63, 3.8) is 0 Å². The highest BCUT2D eigenvalue weighted by Gasteiger charge is 2.64. The van der Waals surface area contributed by atoms with Crippen molar-refractivity contribution in [2.75, 3.05) is 6.54 Å². The van der Waals surface area contributed by atoms with E-state index in [1.165, 1.54) is 56.9 Å². The van der Waals surface area contributed by atoms with Crippen LogP contribution in [-0.2, 0) is 14.3 Å². The van der Waals surface area contributed by atoms with Crippen molar-refractivity contribution in [3.05, 3.63) is 11.6 Å². The van der Waals surface area contributed by atoms with E-state index in [-0.39, 0.29) is 17.5 Å². The van der Waals surface area contributed by atoms with Gasteiger partial charge in [-0.05, 0) is 131 Å². The summed E-state index contributed by atoms with van der Waals surface area (Å²) >= 11 is 0. The lowest BCUT2D eigenvalue weighted by Gasteiger charge is -2.63. The zero-order chi connectivity index (χ0) is 33.2. The highest BCUT2D eigenvalue weighted by Crippen LogP contribution is 2.72. The SMILES string of the molecule is CC(C)CCC[C@@H](C)[C@H]1CC[C@@H]2[C@]1(C)CC[C@H]1[C@@]2(C)CC=C2CC(OC(=O)C(N)CCCCNC(=O)OC(C)(C)C)CC[C@@]21C. The molecule has 6 heteroatoms. The Morgan fingerprint density at radius 3 is 2.36 bits per heavy atom. The van der Waals surface area contributed by atoms with E-state index in [0.29, 0.717) is 29.7 Å². The van der Waals surface area contributed by atoms with Gasteiger partial charge >= 0.3 is 12.1 Å². The molecule has 258 valence electrons. The topological polar surface area (TPSA) is 90.6 Å². The van der Waals surface area contributed by atoms with Crippen LogP contribution in [0.2, 0.25) is 0 Å². The smallest absolute Gasteiger partial charge is 0.407 e. The number of carbonyl (C=O) groups is 2. The van der Waals surface area contributed by atoms with E-state index in [4.69, 9.17) is 15.2 Å². The quantitative estimate of drug-likeness (QED) is 0.128. The minimum absolute atomic E-state index is 0.0718. The van der Waals surface area contributed by atoms with Gasteiger partial charge in [0.2, 0.25) is 0 Å². The molecule has 3 N–H and O–H groups in total. The molecule has 4 aliphatic carbocycles. The molecule has 0 heterocycles. The second-order valence-corrected chi connectivity index (χ2v) is 17.8. The van der Waals surface area contributed by atoms with Gasteiger partial charge in [-0.15, -0.1) is 0 Å². The number of fused-ring (bicyclic) bond motifs is 5. The van der Waals surface area contributed by atoms with Gasteiger partial charge in [0, 0.05) is 13.0 Å². The standard InChI is InChI=1S/C39H68N2O4/c1-26(2)13-12-14-27(3)30-16-17-32-38(30,8)23-20-33-37(7)22-19-29(25-28(37)18-21-39(32,33)9)44-34(42)31(40)15-10-11-24-41-35(43)45-36(4,5)6/h18,26-27,29-33H,10-17,19-25,40H2,1-9H3,(H,41,43)/t27-,29?,30-,31?,32-,33-,37+,38-,39+/m1/s1. The van der Waals surface area contributed by atoms with Crippen LogP contribution in [0, 0.1) is 45.8 Å². The van der Waals surface area contributed by atoms with E-state index in [1.54, 1.807) is 0 Å². The van der Waals surface area contributed by atoms with Crippen molar-refractivity contribution < 1.29 is 19.1 Å². The largest absolute Gasteiger partial charge is 0.461 e. The third kappa shape index (κ3) is 8.12. The molecule has 0 spiro atoms. The second kappa shape index (κ2) is 14.3. The molecular formula is C39H68N2O4. The van der Waals surface area contributed by atoms with Gasteiger partial charge in [-0.25, -0.2) is 4.79 Å². The third-order valence-electron chi connectivity index (χ3n) is 13.0. The summed E-state index contributed by atoms with van der Waals surface area (Å²) in [5.41, 5.74) is 8.33. The number of carbonyl (C=O) groups excluding carboxylic acids is 2. The molecule has 0 aromatic heterocycles. The number of esters is 1. The number of nitrogens with two attached hydrogens (primary N) is 1. The maximum atomic E-state index is 12.9. The van der Waals surface area contributed by atoms with Crippen LogP contribution < -0.4 is 11.1 Å². The van der Waals surface area contributed by atoms with Gasteiger partial charge in [-0.1, -0.05) is 72.5 Å². The molecule has 0 aromatic carbocycles. The highest BCUT2D eigenvalue weighted by atomic mass is 16.6. The van der Waals surface area contributed by atoms with Crippen molar-refractivity contribution >= 4 is 12.1 Å². The van der Waals surface area contributed by atoms with Crippen molar-refractivity contribution in [2.45, 2.75) is 170 Å². The fourth-order valence-electron chi connectivity index (χ4n) is 10.8. The lowest BCUT2D eigenvalue weighted by Crippen LogP contribution is -2.56. The van der Waals surface area contributed by atoms with E-state index in [2.05, 4.69) is 52.9 Å². The van der Waals surface area contributed by atoms with Crippen molar-refractivity contribution in [1.29, 1.82) is 0 Å². The lowest BCUT2D eigenvalue weighted by atomic mass is 9.41.